The second kappa shape index (κ2) is 6.84. The lowest BCUT2D eigenvalue weighted by Crippen LogP contribution is -2.28. The minimum absolute atomic E-state index is 0.00689. The first-order valence-electron chi connectivity index (χ1n) is 8.40. The van der Waals surface area contributed by atoms with Gasteiger partial charge in [0.1, 0.15) is 10.6 Å². The number of thiophene rings is 1. The number of aromatic nitrogens is 2. The summed E-state index contributed by atoms with van der Waals surface area (Å²) < 4.78 is 5.30. The highest BCUT2D eigenvalue weighted by Crippen LogP contribution is 2.28. The number of anilines is 1. The molecular weight excluding hydrogens is 368 g/mol. The number of nitrogens with one attached hydrogen (secondary N) is 3. The zero-order valence-corrected chi connectivity index (χ0v) is 15.2. The number of carbonyl (C=O) groups excluding carboxylic acids is 2. The largest absolute Gasteiger partial charge is 0.482 e. The Hall–Kier alpha value is -3.20. The van der Waals surface area contributed by atoms with Crippen molar-refractivity contribution < 1.29 is 14.3 Å². The average molecular weight is 384 g/mol. The SMILES string of the molecule is CCc1cc2c(=O)[nH]c(C(=O)NCc3ccc4c(c3)NC(=O)CO4)nc2s1. The Morgan fingerprint density at radius 1 is 1.33 bits per heavy atom. The van der Waals surface area contributed by atoms with Crippen LogP contribution in [0.5, 0.6) is 5.75 Å². The van der Waals surface area contributed by atoms with Crippen LogP contribution >= 0.6 is 11.3 Å². The van der Waals surface area contributed by atoms with Crippen LogP contribution in [0.2, 0.25) is 0 Å². The summed E-state index contributed by atoms with van der Waals surface area (Å²) in [5, 5.41) is 5.94. The molecule has 4 rings (SSSR count). The monoisotopic (exact) mass is 384 g/mol. The number of hydrogen-bond acceptors (Lipinski definition) is 6. The van der Waals surface area contributed by atoms with Gasteiger partial charge in [-0.25, -0.2) is 4.98 Å². The van der Waals surface area contributed by atoms with Crippen LogP contribution in [0.15, 0.2) is 29.1 Å². The van der Waals surface area contributed by atoms with Crippen LogP contribution in [-0.2, 0) is 17.8 Å². The molecular formula is C18H16N4O4S. The van der Waals surface area contributed by atoms with Gasteiger partial charge in [0.25, 0.3) is 17.4 Å². The number of ether oxygens (including phenoxy) is 1. The molecule has 0 saturated heterocycles. The van der Waals surface area contributed by atoms with Gasteiger partial charge in [-0.2, -0.15) is 0 Å². The van der Waals surface area contributed by atoms with Crippen molar-refractivity contribution >= 4 is 39.1 Å². The second-order valence-corrected chi connectivity index (χ2v) is 7.16. The van der Waals surface area contributed by atoms with Crippen LogP contribution in [0.4, 0.5) is 5.69 Å². The van der Waals surface area contributed by atoms with Gasteiger partial charge < -0.3 is 20.4 Å². The first kappa shape index (κ1) is 17.2. The van der Waals surface area contributed by atoms with Crippen molar-refractivity contribution in [2.75, 3.05) is 11.9 Å². The Morgan fingerprint density at radius 3 is 3.00 bits per heavy atom. The maximum Gasteiger partial charge on any atom is 0.287 e. The van der Waals surface area contributed by atoms with E-state index < -0.39 is 5.91 Å². The highest BCUT2D eigenvalue weighted by Gasteiger charge is 2.17. The first-order chi connectivity index (χ1) is 13.0. The molecule has 3 aromatic rings. The van der Waals surface area contributed by atoms with Crippen molar-refractivity contribution in [2.24, 2.45) is 0 Å². The van der Waals surface area contributed by atoms with Crippen LogP contribution in [0.25, 0.3) is 10.2 Å². The Labute approximate surface area is 157 Å². The van der Waals surface area contributed by atoms with Gasteiger partial charge in [-0.3, -0.25) is 14.4 Å². The number of carbonyl (C=O) groups is 2. The molecule has 0 unspecified atom stereocenters. The van der Waals surface area contributed by atoms with Crippen molar-refractivity contribution in [3.8, 4) is 5.75 Å². The van der Waals surface area contributed by atoms with Crippen molar-refractivity contribution in [3.63, 3.8) is 0 Å². The van der Waals surface area contributed by atoms with Crippen LogP contribution in [0, 0.1) is 0 Å². The Bertz CT molecular complexity index is 1120. The summed E-state index contributed by atoms with van der Waals surface area (Å²) in [5.41, 5.74) is 1.02. The van der Waals surface area contributed by atoms with Gasteiger partial charge in [-0.05, 0) is 30.2 Å². The molecule has 2 aromatic heterocycles. The van der Waals surface area contributed by atoms with E-state index in [1.165, 1.54) is 11.3 Å². The maximum absolute atomic E-state index is 12.4. The van der Waals surface area contributed by atoms with Crippen LogP contribution < -0.4 is 20.9 Å². The molecule has 0 fully saturated rings. The number of nitrogens with zero attached hydrogens (tertiary/aromatic N) is 1. The minimum atomic E-state index is -0.474. The van der Waals surface area contributed by atoms with Crippen LogP contribution in [-0.4, -0.2) is 28.4 Å². The number of aromatic amines is 1. The standard InChI is InChI=1S/C18H16N4O4S/c1-2-10-6-11-16(24)21-15(22-18(11)27-10)17(25)19-7-9-3-4-13-12(5-9)20-14(23)8-26-13/h3-6H,2,7-8H2,1H3,(H,19,25)(H,20,23)(H,21,22,24). The summed E-state index contributed by atoms with van der Waals surface area (Å²) in [6.07, 6.45) is 0.806. The van der Waals surface area contributed by atoms with Gasteiger partial charge in [0.05, 0.1) is 11.1 Å². The number of hydrogen-bond donors (Lipinski definition) is 3. The number of H-pyrrole nitrogens is 1. The zero-order valence-electron chi connectivity index (χ0n) is 14.4. The van der Waals surface area contributed by atoms with Gasteiger partial charge in [-0.1, -0.05) is 13.0 Å². The van der Waals surface area contributed by atoms with Crippen molar-refractivity contribution in [1.29, 1.82) is 0 Å². The van der Waals surface area contributed by atoms with E-state index in [0.29, 0.717) is 21.7 Å². The number of rotatable bonds is 4. The van der Waals surface area contributed by atoms with Crippen molar-refractivity contribution in [1.82, 2.24) is 15.3 Å². The fourth-order valence-corrected chi connectivity index (χ4v) is 3.74. The Morgan fingerprint density at radius 2 is 2.19 bits per heavy atom. The van der Waals surface area contributed by atoms with Gasteiger partial charge >= 0.3 is 0 Å². The molecule has 8 nitrogen and oxygen atoms in total. The summed E-state index contributed by atoms with van der Waals surface area (Å²) in [4.78, 5) is 44.4. The highest BCUT2D eigenvalue weighted by molar-refractivity contribution is 7.18. The molecule has 0 bridgehead atoms. The predicted octanol–water partition coefficient (Wildman–Crippen LogP) is 1.81. The van der Waals surface area contributed by atoms with Crippen molar-refractivity contribution in [2.45, 2.75) is 19.9 Å². The first-order valence-corrected chi connectivity index (χ1v) is 9.21. The fraction of sp³-hybridized carbons (Fsp3) is 0.222. The Balaban J connectivity index is 1.51. The van der Waals surface area contributed by atoms with E-state index >= 15 is 0 Å². The van der Waals surface area contributed by atoms with E-state index in [2.05, 4.69) is 20.6 Å². The fourth-order valence-electron chi connectivity index (χ4n) is 2.77. The number of fused-ring (bicyclic) bond motifs is 2. The third-order valence-electron chi connectivity index (χ3n) is 4.15. The second-order valence-electron chi connectivity index (χ2n) is 6.05. The van der Waals surface area contributed by atoms with Gasteiger partial charge in [0.2, 0.25) is 5.82 Å². The lowest BCUT2D eigenvalue weighted by molar-refractivity contribution is -0.118. The lowest BCUT2D eigenvalue weighted by Gasteiger charge is -2.18. The summed E-state index contributed by atoms with van der Waals surface area (Å²) in [5.74, 6) is -0.128. The molecule has 0 spiro atoms. The Kier molecular flexibility index (Phi) is 4.36. The topological polar surface area (TPSA) is 113 Å². The molecule has 3 heterocycles. The maximum atomic E-state index is 12.4. The normalized spacial score (nSPS) is 13.0. The molecule has 138 valence electrons. The molecule has 2 amide bonds. The third kappa shape index (κ3) is 3.41. The number of aryl methyl sites for hydroxylation is 1. The molecule has 1 aromatic carbocycles. The molecule has 0 radical (unpaired) electrons. The number of amides is 2. The van der Waals surface area contributed by atoms with Gasteiger partial charge in [-0.15, -0.1) is 11.3 Å². The molecule has 3 N–H and O–H groups in total. The van der Waals surface area contributed by atoms with Crippen molar-refractivity contribution in [3.05, 3.63) is 50.9 Å². The van der Waals surface area contributed by atoms with Gasteiger partial charge in [0.15, 0.2) is 6.61 Å². The highest BCUT2D eigenvalue weighted by atomic mass is 32.1. The van der Waals surface area contributed by atoms with E-state index in [9.17, 15) is 14.4 Å². The predicted molar refractivity (Wildman–Crippen MR) is 101 cm³/mol. The summed E-state index contributed by atoms with van der Waals surface area (Å²) in [6, 6.07) is 7.07. The third-order valence-corrected chi connectivity index (χ3v) is 5.32. The average Bonchev–Trinajstić information content (AvgIpc) is 3.09. The van der Waals surface area contributed by atoms with Crippen LogP contribution in [0.1, 0.15) is 28.0 Å². The molecule has 27 heavy (non-hydrogen) atoms. The van der Waals surface area contributed by atoms with E-state index in [0.717, 1.165) is 16.9 Å². The van der Waals surface area contributed by atoms with E-state index in [1.54, 1.807) is 24.3 Å². The van der Waals surface area contributed by atoms with Crippen LogP contribution in [0.3, 0.4) is 0 Å². The number of benzene rings is 1. The van der Waals surface area contributed by atoms with E-state index in [1.807, 2.05) is 6.92 Å². The summed E-state index contributed by atoms with van der Waals surface area (Å²) >= 11 is 1.41. The molecule has 0 atom stereocenters. The lowest BCUT2D eigenvalue weighted by atomic mass is 10.1. The van der Waals surface area contributed by atoms with E-state index in [-0.39, 0.29) is 30.4 Å². The van der Waals surface area contributed by atoms with Gasteiger partial charge in [0, 0.05) is 11.4 Å². The zero-order chi connectivity index (χ0) is 19.0. The smallest absolute Gasteiger partial charge is 0.287 e. The molecule has 0 saturated carbocycles. The quantitative estimate of drug-likeness (QED) is 0.635. The van der Waals surface area contributed by atoms with E-state index in [4.69, 9.17) is 4.74 Å². The summed E-state index contributed by atoms with van der Waals surface area (Å²) in [6.45, 7) is 2.21. The summed E-state index contributed by atoms with van der Waals surface area (Å²) in [7, 11) is 0. The molecule has 1 aliphatic rings. The molecule has 1 aliphatic heterocycles. The molecule has 0 aliphatic carbocycles. The minimum Gasteiger partial charge on any atom is -0.482 e. The molecule has 9 heteroatoms.